The highest BCUT2D eigenvalue weighted by Crippen LogP contribution is 2.19. The van der Waals surface area contributed by atoms with Crippen LogP contribution in [0.25, 0.3) is 0 Å². The van der Waals surface area contributed by atoms with Gasteiger partial charge in [-0.05, 0) is 45.4 Å². The third-order valence-corrected chi connectivity index (χ3v) is 3.89. The monoisotopic (exact) mass is 243 g/mol. The first-order valence-corrected chi connectivity index (χ1v) is 6.39. The van der Waals surface area contributed by atoms with Gasteiger partial charge in [0.25, 0.3) is 0 Å². The Kier molecular flexibility index (Phi) is 4.35. The minimum absolute atomic E-state index is 0.0549. The van der Waals surface area contributed by atoms with Crippen molar-refractivity contribution in [1.82, 2.24) is 4.72 Å². The summed E-state index contributed by atoms with van der Waals surface area (Å²) in [7, 11) is 0. The lowest BCUT2D eigenvalue weighted by atomic mass is 10.1. The zero-order valence-corrected chi connectivity index (χ0v) is 10.9. The summed E-state index contributed by atoms with van der Waals surface area (Å²) in [5.74, 6) is -0.257. The molecule has 0 amide bonds. The van der Waals surface area contributed by atoms with Crippen LogP contribution in [-0.2, 0) is 11.4 Å². The van der Waals surface area contributed by atoms with Crippen molar-refractivity contribution in [3.63, 3.8) is 0 Å². The predicted octanol–water partition coefficient (Wildman–Crippen LogP) is 2.94. The molecule has 0 saturated carbocycles. The van der Waals surface area contributed by atoms with Crippen LogP contribution >= 0.6 is 0 Å². The van der Waals surface area contributed by atoms with Crippen LogP contribution in [0.1, 0.15) is 39.3 Å². The SMILES string of the molecule is C[C@@H](N[S+]([O-])C(C)(C)C)c1ccc(F)cc1. The fourth-order valence-corrected chi connectivity index (χ4v) is 1.97. The molecule has 0 heterocycles. The molecular weight excluding hydrogens is 225 g/mol. The van der Waals surface area contributed by atoms with Gasteiger partial charge in [0.1, 0.15) is 10.6 Å². The van der Waals surface area contributed by atoms with Crippen LogP contribution in [-0.4, -0.2) is 9.30 Å². The topological polar surface area (TPSA) is 35.1 Å². The van der Waals surface area contributed by atoms with Crippen molar-refractivity contribution in [2.45, 2.75) is 38.5 Å². The van der Waals surface area contributed by atoms with Crippen molar-refractivity contribution in [1.29, 1.82) is 0 Å². The largest absolute Gasteiger partial charge is 0.598 e. The van der Waals surface area contributed by atoms with E-state index >= 15 is 0 Å². The van der Waals surface area contributed by atoms with E-state index < -0.39 is 11.4 Å². The fourth-order valence-electron chi connectivity index (χ4n) is 1.16. The molecule has 0 saturated heterocycles. The second-order valence-electron chi connectivity index (χ2n) is 4.77. The summed E-state index contributed by atoms with van der Waals surface area (Å²) in [6.45, 7) is 7.64. The first kappa shape index (κ1) is 13.5. The molecule has 1 aromatic rings. The third kappa shape index (κ3) is 3.77. The van der Waals surface area contributed by atoms with Gasteiger partial charge in [-0.15, -0.1) is 4.72 Å². The Labute approximate surface area is 99.6 Å². The van der Waals surface area contributed by atoms with Gasteiger partial charge < -0.3 is 4.55 Å². The third-order valence-electron chi connectivity index (χ3n) is 2.21. The van der Waals surface area contributed by atoms with E-state index in [0.29, 0.717) is 0 Å². The normalized spacial score (nSPS) is 15.9. The molecule has 90 valence electrons. The molecule has 2 atom stereocenters. The summed E-state index contributed by atoms with van der Waals surface area (Å²) in [4.78, 5) is 0. The highest BCUT2D eigenvalue weighted by molar-refractivity contribution is 7.90. The van der Waals surface area contributed by atoms with E-state index in [9.17, 15) is 8.94 Å². The molecule has 0 aliphatic heterocycles. The number of nitrogens with one attached hydrogen (secondary N) is 1. The maximum atomic E-state index is 12.7. The Hall–Kier alpha value is -0.580. The number of rotatable bonds is 3. The van der Waals surface area contributed by atoms with Gasteiger partial charge in [0, 0.05) is 11.4 Å². The lowest BCUT2D eigenvalue weighted by molar-refractivity contribution is 0.531. The molecule has 0 radical (unpaired) electrons. The first-order valence-electron chi connectivity index (χ1n) is 5.24. The Morgan fingerprint density at radius 2 is 1.75 bits per heavy atom. The van der Waals surface area contributed by atoms with Crippen molar-refractivity contribution in [3.05, 3.63) is 35.6 Å². The Bertz CT molecular complexity index is 334. The summed E-state index contributed by atoms with van der Waals surface area (Å²) in [6, 6.07) is 6.17. The van der Waals surface area contributed by atoms with Crippen LogP contribution < -0.4 is 4.72 Å². The van der Waals surface area contributed by atoms with Crippen molar-refractivity contribution in [2.24, 2.45) is 0 Å². The van der Waals surface area contributed by atoms with Crippen molar-refractivity contribution in [3.8, 4) is 0 Å². The Morgan fingerprint density at radius 3 is 2.19 bits per heavy atom. The molecule has 0 fully saturated rings. The van der Waals surface area contributed by atoms with Crippen LogP contribution in [0.2, 0.25) is 0 Å². The number of hydrogen-bond acceptors (Lipinski definition) is 2. The molecule has 0 aliphatic carbocycles. The van der Waals surface area contributed by atoms with Gasteiger partial charge in [0.2, 0.25) is 0 Å². The van der Waals surface area contributed by atoms with Gasteiger partial charge in [0.05, 0.1) is 6.04 Å². The maximum Gasteiger partial charge on any atom is 0.136 e. The Balaban J connectivity index is 2.65. The van der Waals surface area contributed by atoms with Gasteiger partial charge in [0.15, 0.2) is 0 Å². The van der Waals surface area contributed by atoms with Gasteiger partial charge in [-0.1, -0.05) is 12.1 Å². The van der Waals surface area contributed by atoms with Crippen LogP contribution in [0.3, 0.4) is 0 Å². The van der Waals surface area contributed by atoms with Crippen LogP contribution in [0.15, 0.2) is 24.3 Å². The summed E-state index contributed by atoms with van der Waals surface area (Å²) < 4.78 is 27.3. The molecule has 1 aromatic carbocycles. The molecule has 0 spiro atoms. The Morgan fingerprint density at radius 1 is 1.25 bits per heavy atom. The van der Waals surface area contributed by atoms with E-state index in [4.69, 9.17) is 0 Å². The standard InChI is InChI=1S/C12H18FNOS/c1-9(14-16(15)12(2,3)4)10-5-7-11(13)8-6-10/h5-9,14H,1-4H3/t9-,16?/m1/s1. The highest BCUT2D eigenvalue weighted by atomic mass is 32.2. The highest BCUT2D eigenvalue weighted by Gasteiger charge is 2.28. The zero-order valence-electron chi connectivity index (χ0n) is 10.1. The second-order valence-corrected chi connectivity index (χ2v) is 6.77. The molecule has 1 N–H and O–H groups in total. The molecule has 1 unspecified atom stereocenters. The number of benzene rings is 1. The van der Waals surface area contributed by atoms with Gasteiger partial charge in [-0.25, -0.2) is 4.39 Å². The lowest BCUT2D eigenvalue weighted by Crippen LogP contribution is -2.40. The van der Waals surface area contributed by atoms with Crippen molar-refractivity contribution < 1.29 is 8.94 Å². The number of hydrogen-bond donors (Lipinski definition) is 1. The molecule has 1 rings (SSSR count). The molecule has 0 aromatic heterocycles. The summed E-state index contributed by atoms with van der Waals surface area (Å²) >= 11 is -1.12. The molecule has 4 heteroatoms. The van der Waals surface area contributed by atoms with Gasteiger partial charge in [-0.2, -0.15) is 0 Å². The minimum atomic E-state index is -1.12. The first-order chi connectivity index (χ1) is 7.30. The van der Waals surface area contributed by atoms with E-state index in [1.165, 1.54) is 12.1 Å². The van der Waals surface area contributed by atoms with Crippen LogP contribution in [0.4, 0.5) is 4.39 Å². The van der Waals surface area contributed by atoms with Crippen LogP contribution in [0, 0.1) is 5.82 Å². The zero-order chi connectivity index (χ0) is 12.3. The van der Waals surface area contributed by atoms with Gasteiger partial charge in [-0.3, -0.25) is 0 Å². The minimum Gasteiger partial charge on any atom is -0.598 e. The van der Waals surface area contributed by atoms with Crippen molar-refractivity contribution in [2.75, 3.05) is 0 Å². The molecule has 16 heavy (non-hydrogen) atoms. The molecule has 0 aliphatic rings. The molecule has 0 bridgehead atoms. The second kappa shape index (κ2) is 5.17. The van der Waals surface area contributed by atoms with E-state index in [-0.39, 0.29) is 16.6 Å². The smallest absolute Gasteiger partial charge is 0.136 e. The number of halogens is 1. The fraction of sp³-hybridized carbons (Fsp3) is 0.500. The quantitative estimate of drug-likeness (QED) is 0.828. The summed E-state index contributed by atoms with van der Waals surface area (Å²) in [5.41, 5.74) is 0.930. The lowest BCUT2D eigenvalue weighted by Gasteiger charge is -2.26. The van der Waals surface area contributed by atoms with E-state index in [2.05, 4.69) is 4.72 Å². The summed E-state index contributed by atoms with van der Waals surface area (Å²) in [6.07, 6.45) is 0. The maximum absolute atomic E-state index is 12.7. The van der Waals surface area contributed by atoms with E-state index in [1.807, 2.05) is 27.7 Å². The molecule has 2 nitrogen and oxygen atoms in total. The average Bonchev–Trinajstić information content (AvgIpc) is 2.17. The van der Waals surface area contributed by atoms with Gasteiger partial charge >= 0.3 is 0 Å². The average molecular weight is 243 g/mol. The van der Waals surface area contributed by atoms with E-state index in [1.54, 1.807) is 12.1 Å². The molecular formula is C12H18FNOS. The van der Waals surface area contributed by atoms with Crippen LogP contribution in [0.5, 0.6) is 0 Å². The van der Waals surface area contributed by atoms with Crippen molar-refractivity contribution >= 4 is 11.4 Å². The van der Waals surface area contributed by atoms with E-state index in [0.717, 1.165) is 5.56 Å². The predicted molar refractivity (Wildman–Crippen MR) is 65.8 cm³/mol. The summed E-state index contributed by atoms with van der Waals surface area (Å²) in [5, 5.41) is 0.